The van der Waals surface area contributed by atoms with Gasteiger partial charge in [0.2, 0.25) is 0 Å². The zero-order valence-corrected chi connectivity index (χ0v) is 11.4. The molecule has 104 valence electrons. The van der Waals surface area contributed by atoms with Gasteiger partial charge >= 0.3 is 5.97 Å². The molecule has 2 aromatic carbocycles. The number of carboxylic acid groups (broad SMARTS) is 1. The number of carboxylic acids is 1. The number of aromatic hydroxyl groups is 1. The number of aromatic carboxylic acids is 1. The van der Waals surface area contributed by atoms with Crippen LogP contribution in [0.5, 0.6) is 5.75 Å². The lowest BCUT2D eigenvalue weighted by atomic mass is 10.0. The van der Waals surface area contributed by atoms with Crippen molar-refractivity contribution in [3.05, 3.63) is 59.7 Å². The summed E-state index contributed by atoms with van der Waals surface area (Å²) in [4.78, 5) is 15.9. The van der Waals surface area contributed by atoms with Crippen molar-refractivity contribution in [1.82, 2.24) is 4.98 Å². The van der Waals surface area contributed by atoms with Gasteiger partial charge in [-0.1, -0.05) is 29.8 Å². The van der Waals surface area contributed by atoms with Gasteiger partial charge in [0.1, 0.15) is 5.75 Å². The molecule has 3 rings (SSSR count). The second-order valence-electron chi connectivity index (χ2n) is 4.90. The minimum Gasteiger partial charge on any atom is -0.507 e. The highest BCUT2D eigenvalue weighted by Gasteiger charge is 2.14. The van der Waals surface area contributed by atoms with Crippen LogP contribution in [0, 0.1) is 6.92 Å². The molecule has 0 aliphatic carbocycles. The Morgan fingerprint density at radius 2 is 1.86 bits per heavy atom. The van der Waals surface area contributed by atoms with E-state index in [1.807, 2.05) is 6.92 Å². The maximum Gasteiger partial charge on any atom is 0.336 e. The van der Waals surface area contributed by atoms with Gasteiger partial charge in [0.15, 0.2) is 0 Å². The molecule has 0 spiro atoms. The van der Waals surface area contributed by atoms with Crippen LogP contribution < -0.4 is 0 Å². The highest BCUT2D eigenvalue weighted by Crippen LogP contribution is 2.31. The molecular formula is C17H13NO3. The van der Waals surface area contributed by atoms with Crippen LogP contribution in [0.25, 0.3) is 22.2 Å². The Hall–Kier alpha value is -2.88. The summed E-state index contributed by atoms with van der Waals surface area (Å²) in [7, 11) is 0. The van der Waals surface area contributed by atoms with Gasteiger partial charge in [0, 0.05) is 10.9 Å². The van der Waals surface area contributed by atoms with Gasteiger partial charge in [0.05, 0.1) is 16.8 Å². The average molecular weight is 279 g/mol. The Morgan fingerprint density at radius 1 is 1.10 bits per heavy atom. The molecule has 0 aliphatic rings. The Balaban J connectivity index is 2.33. The van der Waals surface area contributed by atoms with Crippen molar-refractivity contribution in [2.75, 3.05) is 0 Å². The van der Waals surface area contributed by atoms with Gasteiger partial charge in [-0.25, -0.2) is 9.78 Å². The molecule has 0 saturated carbocycles. The van der Waals surface area contributed by atoms with Crippen molar-refractivity contribution in [1.29, 1.82) is 0 Å². The molecule has 3 aromatic rings. The van der Waals surface area contributed by atoms with Crippen LogP contribution in [0.4, 0.5) is 0 Å². The molecule has 1 heterocycles. The van der Waals surface area contributed by atoms with Gasteiger partial charge in [0.25, 0.3) is 0 Å². The van der Waals surface area contributed by atoms with E-state index in [1.165, 1.54) is 6.07 Å². The lowest BCUT2D eigenvalue weighted by Crippen LogP contribution is -2.00. The van der Waals surface area contributed by atoms with Gasteiger partial charge < -0.3 is 10.2 Å². The number of aryl methyl sites for hydroxylation is 1. The third-order valence-corrected chi connectivity index (χ3v) is 3.37. The van der Waals surface area contributed by atoms with Crippen LogP contribution in [0.2, 0.25) is 0 Å². The van der Waals surface area contributed by atoms with E-state index in [-0.39, 0.29) is 11.3 Å². The minimum atomic E-state index is -1.01. The number of phenolic OH excluding ortho intramolecular Hbond substituents is 1. The maximum absolute atomic E-state index is 11.5. The molecule has 0 radical (unpaired) electrons. The zero-order chi connectivity index (χ0) is 15.0. The van der Waals surface area contributed by atoms with Crippen molar-refractivity contribution < 1.29 is 15.0 Å². The number of hydrogen-bond acceptors (Lipinski definition) is 3. The summed E-state index contributed by atoms with van der Waals surface area (Å²) in [5.74, 6) is -0.929. The monoisotopic (exact) mass is 279 g/mol. The molecule has 0 unspecified atom stereocenters. The van der Waals surface area contributed by atoms with Crippen LogP contribution in [-0.2, 0) is 0 Å². The van der Waals surface area contributed by atoms with Crippen molar-refractivity contribution in [2.45, 2.75) is 6.92 Å². The first-order chi connectivity index (χ1) is 10.1. The molecule has 4 nitrogen and oxygen atoms in total. The van der Waals surface area contributed by atoms with Crippen LogP contribution >= 0.6 is 0 Å². The molecule has 0 bridgehead atoms. The second-order valence-corrected chi connectivity index (χ2v) is 4.90. The topological polar surface area (TPSA) is 70.4 Å². The lowest BCUT2D eigenvalue weighted by Gasteiger charge is -2.09. The predicted molar refractivity (Wildman–Crippen MR) is 80.5 cm³/mol. The molecule has 0 atom stereocenters. The van der Waals surface area contributed by atoms with Crippen molar-refractivity contribution in [3.8, 4) is 17.0 Å². The largest absolute Gasteiger partial charge is 0.507 e. The van der Waals surface area contributed by atoms with Gasteiger partial charge in [-0.2, -0.15) is 0 Å². The van der Waals surface area contributed by atoms with Crippen LogP contribution in [0.15, 0.2) is 48.5 Å². The normalized spacial score (nSPS) is 10.7. The number of nitrogens with zero attached hydrogens (tertiary/aromatic N) is 1. The number of aromatic nitrogens is 1. The van der Waals surface area contributed by atoms with E-state index in [2.05, 4.69) is 4.98 Å². The van der Waals surface area contributed by atoms with Crippen molar-refractivity contribution >= 4 is 16.9 Å². The maximum atomic E-state index is 11.5. The van der Waals surface area contributed by atoms with Gasteiger partial charge in [-0.3, -0.25) is 0 Å². The Labute approximate surface area is 121 Å². The summed E-state index contributed by atoms with van der Waals surface area (Å²) in [5.41, 5.74) is 2.72. The Kier molecular flexibility index (Phi) is 3.06. The summed E-state index contributed by atoms with van der Waals surface area (Å²) in [6.07, 6.45) is 0. The first-order valence-electron chi connectivity index (χ1n) is 6.49. The molecule has 0 saturated heterocycles. The van der Waals surface area contributed by atoms with Gasteiger partial charge in [-0.05, 0) is 31.2 Å². The summed E-state index contributed by atoms with van der Waals surface area (Å²) < 4.78 is 0. The van der Waals surface area contributed by atoms with Crippen LogP contribution in [0.1, 0.15) is 15.9 Å². The standard InChI is InChI=1S/C17H13NO3/c1-10-6-7-16(19)13(8-10)15-9-12(17(20)21)11-4-2-3-5-14(11)18-15/h2-9,19H,1H3,(H,20,21). The van der Waals surface area contributed by atoms with E-state index in [0.717, 1.165) is 5.56 Å². The minimum absolute atomic E-state index is 0.0831. The number of pyridine rings is 1. The SMILES string of the molecule is Cc1ccc(O)c(-c2cc(C(=O)O)c3ccccc3n2)c1. The lowest BCUT2D eigenvalue weighted by molar-refractivity contribution is 0.0699. The van der Waals surface area contributed by atoms with Crippen molar-refractivity contribution in [2.24, 2.45) is 0 Å². The highest BCUT2D eigenvalue weighted by molar-refractivity contribution is 6.03. The number of rotatable bonds is 2. The van der Waals surface area contributed by atoms with E-state index in [0.29, 0.717) is 22.2 Å². The van der Waals surface area contributed by atoms with E-state index < -0.39 is 5.97 Å². The molecule has 1 aromatic heterocycles. The Morgan fingerprint density at radius 3 is 2.62 bits per heavy atom. The number of benzene rings is 2. The molecule has 0 aliphatic heterocycles. The highest BCUT2D eigenvalue weighted by atomic mass is 16.4. The smallest absolute Gasteiger partial charge is 0.336 e. The average Bonchev–Trinajstić information content (AvgIpc) is 2.48. The quantitative estimate of drug-likeness (QED) is 0.751. The summed E-state index contributed by atoms with van der Waals surface area (Å²) >= 11 is 0. The summed E-state index contributed by atoms with van der Waals surface area (Å²) in [6.45, 7) is 1.90. The number of fused-ring (bicyclic) bond motifs is 1. The van der Waals surface area contributed by atoms with E-state index in [4.69, 9.17) is 0 Å². The van der Waals surface area contributed by atoms with Crippen molar-refractivity contribution in [3.63, 3.8) is 0 Å². The Bertz CT molecular complexity index is 856. The molecule has 0 fully saturated rings. The number of carbonyl (C=O) groups is 1. The number of hydrogen-bond donors (Lipinski definition) is 2. The summed E-state index contributed by atoms with van der Waals surface area (Å²) in [5, 5.41) is 20.0. The van der Waals surface area contributed by atoms with E-state index in [9.17, 15) is 15.0 Å². The fourth-order valence-electron chi connectivity index (χ4n) is 2.35. The second kappa shape index (κ2) is 4.90. The predicted octanol–water partition coefficient (Wildman–Crippen LogP) is 3.61. The van der Waals surface area contributed by atoms with Crippen LogP contribution in [0.3, 0.4) is 0 Å². The molecule has 4 heteroatoms. The molecule has 21 heavy (non-hydrogen) atoms. The van der Waals surface area contributed by atoms with E-state index in [1.54, 1.807) is 42.5 Å². The third kappa shape index (κ3) is 2.31. The molecular weight excluding hydrogens is 266 g/mol. The first-order valence-corrected chi connectivity index (χ1v) is 6.49. The van der Waals surface area contributed by atoms with Crippen LogP contribution in [-0.4, -0.2) is 21.2 Å². The number of phenols is 1. The third-order valence-electron chi connectivity index (χ3n) is 3.37. The van der Waals surface area contributed by atoms with E-state index >= 15 is 0 Å². The zero-order valence-electron chi connectivity index (χ0n) is 11.4. The fraction of sp³-hybridized carbons (Fsp3) is 0.0588. The number of para-hydroxylation sites is 1. The summed E-state index contributed by atoms with van der Waals surface area (Å²) in [6, 6.07) is 13.7. The molecule has 2 N–H and O–H groups in total. The van der Waals surface area contributed by atoms with Gasteiger partial charge in [-0.15, -0.1) is 0 Å². The first kappa shape index (κ1) is 13.1. The molecule has 0 amide bonds. The fourth-order valence-corrected chi connectivity index (χ4v) is 2.35.